The predicted molar refractivity (Wildman–Crippen MR) is 80.6 cm³/mol. The first-order chi connectivity index (χ1) is 9.20. The van der Waals surface area contributed by atoms with Gasteiger partial charge in [0.05, 0.1) is 0 Å². The maximum Gasteiger partial charge on any atom is 0.00940 e. The molecule has 1 saturated carbocycles. The number of hydrogen-bond donors (Lipinski definition) is 1. The lowest BCUT2D eigenvalue weighted by atomic mass is 9.75. The van der Waals surface area contributed by atoms with E-state index in [2.05, 4.69) is 48.5 Å². The van der Waals surface area contributed by atoms with Gasteiger partial charge in [0.25, 0.3) is 0 Å². The first kappa shape index (κ1) is 13.1. The second-order valence-electron chi connectivity index (χ2n) is 6.52. The molecule has 2 heteroatoms. The van der Waals surface area contributed by atoms with E-state index >= 15 is 0 Å². The zero-order valence-electron chi connectivity index (χ0n) is 12.2. The molecule has 19 heavy (non-hydrogen) atoms. The summed E-state index contributed by atoms with van der Waals surface area (Å²) < 4.78 is 0. The fourth-order valence-corrected chi connectivity index (χ4v) is 3.46. The molecule has 0 radical (unpaired) electrons. The van der Waals surface area contributed by atoms with Crippen LogP contribution < -0.4 is 5.32 Å². The summed E-state index contributed by atoms with van der Waals surface area (Å²) in [5.41, 5.74) is 2.94. The van der Waals surface area contributed by atoms with Crippen molar-refractivity contribution in [3.8, 4) is 0 Å². The van der Waals surface area contributed by atoms with E-state index in [0.29, 0.717) is 0 Å². The third-order valence-electron chi connectivity index (χ3n) is 4.84. The van der Waals surface area contributed by atoms with Crippen molar-refractivity contribution in [3.63, 3.8) is 0 Å². The Morgan fingerprint density at radius 3 is 2.53 bits per heavy atom. The van der Waals surface area contributed by atoms with Crippen molar-refractivity contribution in [1.29, 1.82) is 0 Å². The average molecular weight is 258 g/mol. The van der Waals surface area contributed by atoms with Gasteiger partial charge >= 0.3 is 0 Å². The van der Waals surface area contributed by atoms with Crippen LogP contribution in [0, 0.1) is 6.92 Å². The number of nitrogens with one attached hydrogen (secondary N) is 1. The monoisotopic (exact) mass is 258 g/mol. The normalized spacial score (nSPS) is 29.2. The lowest BCUT2D eigenvalue weighted by Crippen LogP contribution is -2.49. The number of hydrogen-bond acceptors (Lipinski definition) is 2. The standard InChI is InChI=1S/C17H26N2/c1-13-4-3-5-14(10-13)15-11-17(12-15)18-16-6-8-19(2)9-7-16/h3-5,10,15-18H,6-9,11-12H2,1-2H3. The van der Waals surface area contributed by atoms with Gasteiger partial charge in [-0.15, -0.1) is 0 Å². The molecule has 3 rings (SSSR count). The van der Waals surface area contributed by atoms with Crippen molar-refractivity contribution in [1.82, 2.24) is 10.2 Å². The fourth-order valence-electron chi connectivity index (χ4n) is 3.46. The highest BCUT2D eigenvalue weighted by atomic mass is 15.1. The highest BCUT2D eigenvalue weighted by Crippen LogP contribution is 2.37. The van der Waals surface area contributed by atoms with Crippen LogP contribution in [-0.4, -0.2) is 37.1 Å². The van der Waals surface area contributed by atoms with Gasteiger partial charge in [-0.3, -0.25) is 0 Å². The molecule has 2 aliphatic rings. The molecular formula is C17H26N2. The molecule has 2 fully saturated rings. The van der Waals surface area contributed by atoms with E-state index < -0.39 is 0 Å². The van der Waals surface area contributed by atoms with Crippen LogP contribution in [0.2, 0.25) is 0 Å². The number of nitrogens with zero attached hydrogens (tertiary/aromatic N) is 1. The van der Waals surface area contributed by atoms with Crippen LogP contribution in [0.3, 0.4) is 0 Å². The zero-order chi connectivity index (χ0) is 13.2. The van der Waals surface area contributed by atoms with Gasteiger partial charge in [-0.05, 0) is 64.2 Å². The number of aryl methyl sites for hydroxylation is 1. The summed E-state index contributed by atoms with van der Waals surface area (Å²) in [4.78, 5) is 2.44. The molecule has 1 aromatic rings. The minimum Gasteiger partial charge on any atom is -0.311 e. The molecule has 0 atom stereocenters. The van der Waals surface area contributed by atoms with Crippen LogP contribution in [0.5, 0.6) is 0 Å². The first-order valence-electron chi connectivity index (χ1n) is 7.72. The molecule has 0 bridgehead atoms. The molecule has 1 N–H and O–H groups in total. The number of piperidine rings is 1. The second-order valence-corrected chi connectivity index (χ2v) is 6.52. The van der Waals surface area contributed by atoms with Crippen LogP contribution in [-0.2, 0) is 0 Å². The second kappa shape index (κ2) is 5.64. The minimum atomic E-state index is 0.763. The van der Waals surface area contributed by atoms with E-state index in [1.807, 2.05) is 0 Å². The first-order valence-corrected chi connectivity index (χ1v) is 7.72. The third-order valence-corrected chi connectivity index (χ3v) is 4.84. The topological polar surface area (TPSA) is 15.3 Å². The van der Waals surface area contributed by atoms with Crippen LogP contribution in [0.4, 0.5) is 0 Å². The Balaban J connectivity index is 1.45. The average Bonchev–Trinajstić information content (AvgIpc) is 2.35. The summed E-state index contributed by atoms with van der Waals surface area (Å²) in [5, 5.41) is 3.86. The van der Waals surface area contributed by atoms with Crippen molar-refractivity contribution in [2.75, 3.05) is 20.1 Å². The maximum absolute atomic E-state index is 3.86. The molecule has 0 spiro atoms. The summed E-state index contributed by atoms with van der Waals surface area (Å²) in [7, 11) is 2.23. The van der Waals surface area contributed by atoms with Crippen molar-refractivity contribution >= 4 is 0 Å². The molecule has 0 aromatic heterocycles. The van der Waals surface area contributed by atoms with Gasteiger partial charge in [0, 0.05) is 12.1 Å². The van der Waals surface area contributed by atoms with Gasteiger partial charge in [-0.25, -0.2) is 0 Å². The summed E-state index contributed by atoms with van der Waals surface area (Å²) >= 11 is 0. The van der Waals surface area contributed by atoms with Gasteiger partial charge < -0.3 is 10.2 Å². The van der Waals surface area contributed by atoms with Gasteiger partial charge in [-0.1, -0.05) is 29.8 Å². The van der Waals surface area contributed by atoms with E-state index in [0.717, 1.165) is 18.0 Å². The molecule has 0 unspecified atom stereocenters. The van der Waals surface area contributed by atoms with E-state index in [-0.39, 0.29) is 0 Å². The van der Waals surface area contributed by atoms with Crippen LogP contribution in [0.15, 0.2) is 24.3 Å². The summed E-state index contributed by atoms with van der Waals surface area (Å²) in [6.45, 7) is 4.70. The largest absolute Gasteiger partial charge is 0.311 e. The number of rotatable bonds is 3. The Hall–Kier alpha value is -0.860. The highest BCUT2D eigenvalue weighted by molar-refractivity contribution is 5.27. The SMILES string of the molecule is Cc1cccc(C2CC(NC3CCN(C)CC3)C2)c1. The summed E-state index contributed by atoms with van der Waals surface area (Å²) in [6.07, 6.45) is 5.30. The van der Waals surface area contributed by atoms with Gasteiger partial charge in [0.2, 0.25) is 0 Å². The Morgan fingerprint density at radius 2 is 1.84 bits per heavy atom. The lowest BCUT2D eigenvalue weighted by molar-refractivity contribution is 0.192. The molecule has 1 heterocycles. The van der Waals surface area contributed by atoms with E-state index in [1.165, 1.54) is 44.3 Å². The molecule has 1 aliphatic carbocycles. The van der Waals surface area contributed by atoms with Crippen LogP contribution >= 0.6 is 0 Å². The summed E-state index contributed by atoms with van der Waals surface area (Å²) in [6, 6.07) is 10.6. The molecule has 1 saturated heterocycles. The maximum atomic E-state index is 3.86. The molecule has 2 nitrogen and oxygen atoms in total. The predicted octanol–water partition coefficient (Wildman–Crippen LogP) is 2.92. The molecule has 0 amide bonds. The lowest BCUT2D eigenvalue weighted by Gasteiger charge is -2.40. The highest BCUT2D eigenvalue weighted by Gasteiger charge is 2.32. The Bertz CT molecular complexity index is 415. The van der Waals surface area contributed by atoms with Crippen molar-refractivity contribution < 1.29 is 0 Å². The fraction of sp³-hybridized carbons (Fsp3) is 0.647. The Labute approximate surface area is 117 Å². The van der Waals surface area contributed by atoms with Crippen molar-refractivity contribution in [3.05, 3.63) is 35.4 Å². The van der Waals surface area contributed by atoms with E-state index in [1.54, 1.807) is 5.56 Å². The third kappa shape index (κ3) is 3.18. The zero-order valence-corrected chi connectivity index (χ0v) is 12.2. The number of benzene rings is 1. The molecular weight excluding hydrogens is 232 g/mol. The summed E-state index contributed by atoms with van der Waals surface area (Å²) in [5.74, 6) is 0.795. The van der Waals surface area contributed by atoms with E-state index in [4.69, 9.17) is 0 Å². The molecule has 1 aliphatic heterocycles. The van der Waals surface area contributed by atoms with Crippen LogP contribution in [0.1, 0.15) is 42.7 Å². The quantitative estimate of drug-likeness (QED) is 0.897. The molecule has 1 aromatic carbocycles. The van der Waals surface area contributed by atoms with Crippen molar-refractivity contribution in [2.24, 2.45) is 0 Å². The molecule has 104 valence electrons. The Morgan fingerprint density at radius 1 is 1.11 bits per heavy atom. The van der Waals surface area contributed by atoms with Crippen LogP contribution in [0.25, 0.3) is 0 Å². The smallest absolute Gasteiger partial charge is 0.00940 e. The number of likely N-dealkylation sites (tertiary alicyclic amines) is 1. The minimum absolute atomic E-state index is 0.763. The van der Waals surface area contributed by atoms with E-state index in [9.17, 15) is 0 Å². The van der Waals surface area contributed by atoms with Gasteiger partial charge in [0.15, 0.2) is 0 Å². The van der Waals surface area contributed by atoms with Gasteiger partial charge in [-0.2, -0.15) is 0 Å². The van der Waals surface area contributed by atoms with Gasteiger partial charge in [0.1, 0.15) is 0 Å². The Kier molecular flexibility index (Phi) is 3.90. The van der Waals surface area contributed by atoms with Crippen molar-refractivity contribution in [2.45, 2.75) is 50.6 Å².